The van der Waals surface area contributed by atoms with Crippen molar-refractivity contribution in [2.24, 2.45) is 0 Å². The van der Waals surface area contributed by atoms with Gasteiger partial charge in [-0.3, -0.25) is 9.59 Å². The summed E-state index contributed by atoms with van der Waals surface area (Å²) in [5.41, 5.74) is 0.417. The second-order valence-corrected chi connectivity index (χ2v) is 4.15. The molecule has 1 fully saturated rings. The van der Waals surface area contributed by atoms with Gasteiger partial charge in [0.25, 0.3) is 5.91 Å². The van der Waals surface area contributed by atoms with Crippen molar-refractivity contribution in [1.29, 1.82) is 0 Å². The minimum atomic E-state index is -0.892. The highest BCUT2D eigenvalue weighted by Crippen LogP contribution is 2.23. The van der Waals surface area contributed by atoms with Gasteiger partial charge in [-0.15, -0.1) is 0 Å². The zero-order valence-corrected chi connectivity index (χ0v) is 11.1. The molecule has 106 valence electrons. The number of nitrogens with one attached hydrogen (secondary N) is 1. The summed E-state index contributed by atoms with van der Waals surface area (Å²) in [5.74, 6) is -0.419. The molecule has 7 heteroatoms. The molecule has 2 rings (SSSR count). The van der Waals surface area contributed by atoms with E-state index in [1.54, 1.807) is 24.3 Å². The van der Waals surface area contributed by atoms with Crippen molar-refractivity contribution >= 4 is 23.6 Å². The van der Waals surface area contributed by atoms with Crippen LogP contribution >= 0.6 is 0 Å². The van der Waals surface area contributed by atoms with Crippen LogP contribution in [-0.4, -0.2) is 38.2 Å². The Kier molecular flexibility index (Phi) is 3.88. The molecule has 1 aliphatic rings. The zero-order chi connectivity index (χ0) is 14.7. The Bertz CT molecular complexity index is 540. The number of hydrogen-bond acceptors (Lipinski definition) is 5. The predicted molar refractivity (Wildman–Crippen MR) is 69.4 cm³/mol. The number of benzene rings is 1. The average Bonchev–Trinajstić information content (AvgIpc) is 2.73. The van der Waals surface area contributed by atoms with Crippen LogP contribution in [0.15, 0.2) is 24.3 Å². The maximum atomic E-state index is 12.1. The molecular weight excluding hydrogens is 264 g/mol. The van der Waals surface area contributed by atoms with Crippen LogP contribution in [0.4, 0.5) is 10.5 Å². The number of rotatable bonds is 4. The molecule has 3 amide bonds. The van der Waals surface area contributed by atoms with E-state index in [9.17, 15) is 14.4 Å². The van der Waals surface area contributed by atoms with Gasteiger partial charge in [-0.25, -0.2) is 9.69 Å². The molecule has 1 aromatic carbocycles. The molecule has 20 heavy (non-hydrogen) atoms. The Labute approximate surface area is 115 Å². The number of anilines is 1. The maximum absolute atomic E-state index is 12.1. The Morgan fingerprint density at radius 2 is 1.90 bits per heavy atom. The number of imide groups is 1. The minimum Gasteiger partial charge on any atom is -0.497 e. The SMILES string of the molecule is COC(=O)CC1NC(=O)N(c2ccc(OC)cc2)C1=O. The molecule has 0 saturated carbocycles. The quantitative estimate of drug-likeness (QED) is 0.646. The van der Waals surface area contributed by atoms with Crippen molar-refractivity contribution in [2.75, 3.05) is 19.1 Å². The van der Waals surface area contributed by atoms with Crippen LogP contribution in [0.5, 0.6) is 5.75 Å². The number of nitrogens with zero attached hydrogens (tertiary/aromatic N) is 1. The molecule has 1 atom stereocenters. The van der Waals surface area contributed by atoms with E-state index in [1.165, 1.54) is 14.2 Å². The van der Waals surface area contributed by atoms with Gasteiger partial charge in [-0.2, -0.15) is 0 Å². The lowest BCUT2D eigenvalue weighted by molar-refractivity contribution is -0.142. The van der Waals surface area contributed by atoms with Crippen molar-refractivity contribution in [1.82, 2.24) is 5.32 Å². The fourth-order valence-corrected chi connectivity index (χ4v) is 1.90. The van der Waals surface area contributed by atoms with Crippen LogP contribution in [0.3, 0.4) is 0 Å². The highest BCUT2D eigenvalue weighted by molar-refractivity contribution is 6.21. The van der Waals surface area contributed by atoms with Crippen molar-refractivity contribution in [2.45, 2.75) is 12.5 Å². The van der Waals surface area contributed by atoms with Crippen molar-refractivity contribution in [3.8, 4) is 5.75 Å². The van der Waals surface area contributed by atoms with Crippen molar-refractivity contribution < 1.29 is 23.9 Å². The monoisotopic (exact) mass is 278 g/mol. The number of methoxy groups -OCH3 is 2. The summed E-state index contributed by atoms with van der Waals surface area (Å²) in [6.45, 7) is 0. The van der Waals surface area contributed by atoms with E-state index in [0.717, 1.165) is 4.90 Å². The van der Waals surface area contributed by atoms with Gasteiger partial charge in [0, 0.05) is 0 Å². The van der Waals surface area contributed by atoms with Gasteiger partial charge in [-0.05, 0) is 24.3 Å². The normalized spacial score (nSPS) is 17.9. The van der Waals surface area contributed by atoms with E-state index in [0.29, 0.717) is 11.4 Å². The molecule has 0 aromatic heterocycles. The summed E-state index contributed by atoms with van der Waals surface area (Å²) in [7, 11) is 2.75. The lowest BCUT2D eigenvalue weighted by Crippen LogP contribution is -2.32. The summed E-state index contributed by atoms with van der Waals surface area (Å²) < 4.78 is 9.50. The first kappa shape index (κ1) is 13.9. The molecule has 1 heterocycles. The fourth-order valence-electron chi connectivity index (χ4n) is 1.90. The molecule has 1 aliphatic heterocycles. The molecule has 0 bridgehead atoms. The smallest absolute Gasteiger partial charge is 0.329 e. The van der Waals surface area contributed by atoms with E-state index in [1.807, 2.05) is 0 Å². The van der Waals surface area contributed by atoms with Crippen LogP contribution in [0.2, 0.25) is 0 Å². The third-order valence-electron chi connectivity index (χ3n) is 2.95. The van der Waals surface area contributed by atoms with Crippen LogP contribution in [0.25, 0.3) is 0 Å². The third-order valence-corrected chi connectivity index (χ3v) is 2.95. The molecule has 1 N–H and O–H groups in total. The summed E-state index contributed by atoms with van der Waals surface area (Å²) in [6.07, 6.45) is -0.187. The summed E-state index contributed by atoms with van der Waals surface area (Å²) in [5, 5.41) is 2.45. The fraction of sp³-hybridized carbons (Fsp3) is 0.308. The first-order chi connectivity index (χ1) is 9.56. The van der Waals surface area contributed by atoms with Gasteiger partial charge in [-0.1, -0.05) is 0 Å². The predicted octanol–water partition coefficient (Wildman–Crippen LogP) is 0.683. The summed E-state index contributed by atoms with van der Waals surface area (Å²) >= 11 is 0. The molecular formula is C13H14N2O5. The topological polar surface area (TPSA) is 84.9 Å². The van der Waals surface area contributed by atoms with E-state index in [4.69, 9.17) is 4.74 Å². The molecule has 1 unspecified atom stereocenters. The summed E-state index contributed by atoms with van der Waals surface area (Å²) in [6, 6.07) is 5.02. The van der Waals surface area contributed by atoms with E-state index < -0.39 is 23.9 Å². The van der Waals surface area contributed by atoms with Crippen molar-refractivity contribution in [3.05, 3.63) is 24.3 Å². The summed E-state index contributed by atoms with van der Waals surface area (Å²) in [4.78, 5) is 36.1. The Morgan fingerprint density at radius 3 is 2.45 bits per heavy atom. The van der Waals surface area contributed by atoms with Gasteiger partial charge >= 0.3 is 12.0 Å². The maximum Gasteiger partial charge on any atom is 0.329 e. The van der Waals surface area contributed by atoms with E-state index in [-0.39, 0.29) is 6.42 Å². The number of hydrogen-bond donors (Lipinski definition) is 1. The Hall–Kier alpha value is -2.57. The van der Waals surface area contributed by atoms with Gasteiger partial charge in [0.05, 0.1) is 26.3 Å². The van der Waals surface area contributed by atoms with Gasteiger partial charge in [0.2, 0.25) is 0 Å². The largest absolute Gasteiger partial charge is 0.497 e. The number of carbonyl (C=O) groups excluding carboxylic acids is 3. The van der Waals surface area contributed by atoms with Crippen LogP contribution in [-0.2, 0) is 14.3 Å². The number of esters is 1. The van der Waals surface area contributed by atoms with Crippen molar-refractivity contribution in [3.63, 3.8) is 0 Å². The zero-order valence-electron chi connectivity index (χ0n) is 11.1. The van der Waals surface area contributed by atoms with Crippen LogP contribution in [0, 0.1) is 0 Å². The number of ether oxygens (including phenoxy) is 2. The van der Waals surface area contributed by atoms with Crippen LogP contribution in [0.1, 0.15) is 6.42 Å². The standard InChI is InChI=1S/C13H14N2O5/c1-19-9-5-3-8(4-6-9)15-12(17)10(14-13(15)18)7-11(16)20-2/h3-6,10H,7H2,1-2H3,(H,14,18). The molecule has 0 aliphatic carbocycles. The molecule has 0 radical (unpaired) electrons. The lowest BCUT2D eigenvalue weighted by Gasteiger charge is -2.13. The van der Waals surface area contributed by atoms with E-state index >= 15 is 0 Å². The highest BCUT2D eigenvalue weighted by Gasteiger charge is 2.40. The second-order valence-electron chi connectivity index (χ2n) is 4.15. The number of carbonyl (C=O) groups is 3. The molecule has 7 nitrogen and oxygen atoms in total. The first-order valence-corrected chi connectivity index (χ1v) is 5.92. The number of urea groups is 1. The molecule has 0 spiro atoms. The lowest BCUT2D eigenvalue weighted by atomic mass is 10.2. The molecule has 1 saturated heterocycles. The number of amides is 3. The van der Waals surface area contributed by atoms with Crippen LogP contribution < -0.4 is 15.0 Å². The first-order valence-electron chi connectivity index (χ1n) is 5.92. The third kappa shape index (κ3) is 2.56. The Morgan fingerprint density at radius 1 is 1.25 bits per heavy atom. The average molecular weight is 278 g/mol. The minimum absolute atomic E-state index is 0.187. The molecule has 1 aromatic rings. The van der Waals surface area contributed by atoms with Gasteiger partial charge in [0.1, 0.15) is 11.8 Å². The van der Waals surface area contributed by atoms with Gasteiger partial charge in [0.15, 0.2) is 0 Å². The van der Waals surface area contributed by atoms with E-state index in [2.05, 4.69) is 10.1 Å². The van der Waals surface area contributed by atoms with Gasteiger partial charge < -0.3 is 14.8 Å². The highest BCUT2D eigenvalue weighted by atomic mass is 16.5. The Balaban J connectivity index is 2.17. The second kappa shape index (κ2) is 5.60.